The van der Waals surface area contributed by atoms with Gasteiger partial charge in [0.1, 0.15) is 0 Å². The fourth-order valence-electron chi connectivity index (χ4n) is 2.10. The van der Waals surface area contributed by atoms with Crippen LogP contribution in [0.5, 0.6) is 0 Å². The molecule has 1 amide bonds. The standard InChI is InChI=1S/C15H12Br2N2OS3/c1-21-7-6-19-10-3-2-9(16)8-12(10)23-15(19)18-14(20)11-4-5-13(17)22-11/h2-5,8H,6-7H2,1H3. The maximum absolute atomic E-state index is 12.4. The molecule has 120 valence electrons. The number of aromatic nitrogens is 1. The molecule has 2 aromatic heterocycles. The molecule has 3 aromatic rings. The monoisotopic (exact) mass is 490 g/mol. The van der Waals surface area contributed by atoms with Gasteiger partial charge in [0.05, 0.1) is 18.9 Å². The smallest absolute Gasteiger partial charge is 0.289 e. The van der Waals surface area contributed by atoms with E-state index < -0.39 is 0 Å². The summed E-state index contributed by atoms with van der Waals surface area (Å²) in [4.78, 5) is 18.2. The van der Waals surface area contributed by atoms with Crippen molar-refractivity contribution in [3.63, 3.8) is 0 Å². The van der Waals surface area contributed by atoms with Crippen molar-refractivity contribution in [2.75, 3.05) is 12.0 Å². The highest BCUT2D eigenvalue weighted by Gasteiger charge is 2.11. The van der Waals surface area contributed by atoms with E-state index in [4.69, 9.17) is 0 Å². The van der Waals surface area contributed by atoms with Gasteiger partial charge in [-0.15, -0.1) is 11.3 Å². The number of benzene rings is 1. The van der Waals surface area contributed by atoms with E-state index >= 15 is 0 Å². The molecule has 0 aliphatic heterocycles. The third-order valence-electron chi connectivity index (χ3n) is 3.14. The molecule has 1 aromatic carbocycles. The first-order valence-electron chi connectivity index (χ1n) is 6.70. The number of hydrogen-bond acceptors (Lipinski definition) is 4. The number of carbonyl (C=O) groups is 1. The van der Waals surface area contributed by atoms with E-state index in [1.54, 1.807) is 29.2 Å². The summed E-state index contributed by atoms with van der Waals surface area (Å²) in [6, 6.07) is 9.84. The molecule has 3 rings (SSSR count). The molecule has 0 radical (unpaired) electrons. The van der Waals surface area contributed by atoms with Crippen LogP contribution < -0.4 is 4.80 Å². The number of aryl methyl sites for hydroxylation is 1. The molecule has 0 saturated heterocycles. The predicted molar refractivity (Wildman–Crippen MR) is 108 cm³/mol. The molecule has 0 N–H and O–H groups in total. The number of carbonyl (C=O) groups excluding carboxylic acids is 1. The van der Waals surface area contributed by atoms with E-state index in [1.165, 1.54) is 11.3 Å². The Morgan fingerprint density at radius 2 is 2.09 bits per heavy atom. The third kappa shape index (κ3) is 3.99. The van der Waals surface area contributed by atoms with Crippen molar-refractivity contribution in [1.82, 2.24) is 4.57 Å². The second-order valence-electron chi connectivity index (χ2n) is 4.66. The van der Waals surface area contributed by atoms with Crippen LogP contribution in [-0.4, -0.2) is 22.5 Å². The lowest BCUT2D eigenvalue weighted by atomic mass is 10.3. The van der Waals surface area contributed by atoms with Crippen LogP contribution in [0.2, 0.25) is 0 Å². The summed E-state index contributed by atoms with van der Waals surface area (Å²) in [5.41, 5.74) is 1.12. The number of thiazole rings is 1. The Morgan fingerprint density at radius 3 is 2.78 bits per heavy atom. The van der Waals surface area contributed by atoms with E-state index in [0.717, 1.165) is 35.6 Å². The van der Waals surface area contributed by atoms with Crippen molar-refractivity contribution < 1.29 is 4.79 Å². The number of hydrogen-bond donors (Lipinski definition) is 0. The first-order valence-corrected chi connectivity index (χ1v) is 11.3. The first-order chi connectivity index (χ1) is 11.1. The minimum atomic E-state index is -0.191. The third-order valence-corrected chi connectivity index (χ3v) is 6.88. The number of amides is 1. The highest BCUT2D eigenvalue weighted by molar-refractivity contribution is 9.11. The quantitative estimate of drug-likeness (QED) is 0.490. The zero-order valence-electron chi connectivity index (χ0n) is 12.1. The number of rotatable bonds is 4. The van der Waals surface area contributed by atoms with Gasteiger partial charge < -0.3 is 4.57 Å². The summed E-state index contributed by atoms with van der Waals surface area (Å²) in [5.74, 6) is 0.789. The number of thiophene rings is 1. The molecule has 0 aliphatic rings. The van der Waals surface area contributed by atoms with Gasteiger partial charge in [0, 0.05) is 16.8 Å². The van der Waals surface area contributed by atoms with E-state index in [-0.39, 0.29) is 5.91 Å². The summed E-state index contributed by atoms with van der Waals surface area (Å²) in [7, 11) is 0. The first kappa shape index (κ1) is 17.4. The molecule has 0 bridgehead atoms. The van der Waals surface area contributed by atoms with Crippen molar-refractivity contribution in [3.05, 3.63) is 48.3 Å². The van der Waals surface area contributed by atoms with Gasteiger partial charge in [0.2, 0.25) is 0 Å². The molecule has 23 heavy (non-hydrogen) atoms. The fourth-order valence-corrected chi connectivity index (χ4v) is 5.34. The molecule has 0 saturated carbocycles. The van der Waals surface area contributed by atoms with Gasteiger partial charge in [-0.2, -0.15) is 16.8 Å². The van der Waals surface area contributed by atoms with Crippen LogP contribution in [0.15, 0.2) is 43.6 Å². The van der Waals surface area contributed by atoms with E-state index in [9.17, 15) is 4.79 Å². The maximum Gasteiger partial charge on any atom is 0.289 e. The minimum absolute atomic E-state index is 0.191. The van der Waals surface area contributed by atoms with Crippen LogP contribution in [-0.2, 0) is 6.54 Å². The number of fused-ring (bicyclic) bond motifs is 1. The lowest BCUT2D eigenvalue weighted by Crippen LogP contribution is -2.18. The van der Waals surface area contributed by atoms with Crippen molar-refractivity contribution in [2.24, 2.45) is 4.99 Å². The Kier molecular flexibility index (Phi) is 5.79. The second-order valence-corrected chi connectivity index (χ2v) is 10.0. The highest BCUT2D eigenvalue weighted by Crippen LogP contribution is 2.24. The molecule has 0 aliphatic carbocycles. The van der Waals surface area contributed by atoms with E-state index in [0.29, 0.717) is 4.88 Å². The summed E-state index contributed by atoms with van der Waals surface area (Å²) in [6.07, 6.45) is 2.08. The molecule has 3 nitrogen and oxygen atoms in total. The molecular weight excluding hydrogens is 480 g/mol. The Bertz CT molecular complexity index is 926. The Hall–Kier alpha value is -0.410. The Morgan fingerprint density at radius 1 is 1.26 bits per heavy atom. The largest absolute Gasteiger partial charge is 0.316 e. The van der Waals surface area contributed by atoms with E-state index in [1.807, 2.05) is 12.1 Å². The summed E-state index contributed by atoms with van der Waals surface area (Å²) >= 11 is 11.6. The molecule has 0 spiro atoms. The molecule has 0 fully saturated rings. The van der Waals surface area contributed by atoms with Gasteiger partial charge in [0.15, 0.2) is 4.80 Å². The van der Waals surface area contributed by atoms with Gasteiger partial charge in [-0.25, -0.2) is 0 Å². The number of halogens is 2. The van der Waals surface area contributed by atoms with Crippen molar-refractivity contribution in [3.8, 4) is 0 Å². The van der Waals surface area contributed by atoms with Gasteiger partial charge >= 0.3 is 0 Å². The summed E-state index contributed by atoms with van der Waals surface area (Å²) in [5, 5.41) is 0. The topological polar surface area (TPSA) is 34.4 Å². The second kappa shape index (κ2) is 7.65. The van der Waals surface area contributed by atoms with Crippen LogP contribution >= 0.6 is 66.3 Å². The van der Waals surface area contributed by atoms with Crippen LogP contribution in [0, 0.1) is 0 Å². The van der Waals surface area contributed by atoms with Gasteiger partial charge in [-0.1, -0.05) is 27.3 Å². The molecule has 8 heteroatoms. The molecular formula is C15H12Br2N2OS3. The van der Waals surface area contributed by atoms with Gasteiger partial charge in [-0.05, 0) is 52.5 Å². The SMILES string of the molecule is CSCCn1c(=NC(=O)c2ccc(Br)s2)sc2cc(Br)ccc21. The van der Waals surface area contributed by atoms with Crippen LogP contribution in [0.1, 0.15) is 9.67 Å². The molecule has 0 unspecified atom stereocenters. The normalized spacial score (nSPS) is 12.2. The lowest BCUT2D eigenvalue weighted by Gasteiger charge is -2.03. The maximum atomic E-state index is 12.4. The highest BCUT2D eigenvalue weighted by atomic mass is 79.9. The molecule has 2 heterocycles. The van der Waals surface area contributed by atoms with Crippen molar-refractivity contribution in [1.29, 1.82) is 0 Å². The average Bonchev–Trinajstić information content (AvgIpc) is 3.08. The Balaban J connectivity index is 2.11. The fraction of sp³-hybridized carbons (Fsp3) is 0.200. The number of thioether (sulfide) groups is 1. The van der Waals surface area contributed by atoms with Crippen LogP contribution in [0.25, 0.3) is 10.2 Å². The van der Waals surface area contributed by atoms with Crippen LogP contribution in [0.3, 0.4) is 0 Å². The predicted octanol–water partition coefficient (Wildman–Crippen LogP) is 5.39. The van der Waals surface area contributed by atoms with Gasteiger partial charge in [0.25, 0.3) is 5.91 Å². The summed E-state index contributed by atoms with van der Waals surface area (Å²) in [6.45, 7) is 0.836. The molecule has 0 atom stereocenters. The average molecular weight is 492 g/mol. The van der Waals surface area contributed by atoms with Crippen molar-refractivity contribution in [2.45, 2.75) is 6.54 Å². The van der Waals surface area contributed by atoms with Crippen LogP contribution in [0.4, 0.5) is 0 Å². The van der Waals surface area contributed by atoms with Crippen molar-refractivity contribution >= 4 is 82.4 Å². The minimum Gasteiger partial charge on any atom is -0.316 e. The van der Waals surface area contributed by atoms with E-state index in [2.05, 4.69) is 59.8 Å². The number of nitrogens with zero attached hydrogens (tertiary/aromatic N) is 2. The lowest BCUT2D eigenvalue weighted by molar-refractivity contribution is 0.100. The summed E-state index contributed by atoms with van der Waals surface area (Å²) < 4.78 is 5.22. The van der Waals surface area contributed by atoms with Gasteiger partial charge in [-0.3, -0.25) is 4.79 Å². The Labute approximate surface area is 162 Å². The zero-order valence-corrected chi connectivity index (χ0v) is 17.7. The zero-order chi connectivity index (χ0) is 16.4.